The van der Waals surface area contributed by atoms with E-state index in [-0.39, 0.29) is 0 Å². The van der Waals surface area contributed by atoms with Crippen LogP contribution < -0.4 is 5.32 Å². The molecule has 4 heteroatoms. The van der Waals surface area contributed by atoms with Gasteiger partial charge in [-0.05, 0) is 46.9 Å². The molecule has 0 amide bonds. The quantitative estimate of drug-likeness (QED) is 0.859. The fraction of sp³-hybridized carbons (Fsp3) is 0.364. The number of aromatic nitrogens is 2. The highest BCUT2D eigenvalue weighted by Gasteiger charge is 2.18. The second-order valence-corrected chi connectivity index (χ2v) is 4.60. The third-order valence-electron chi connectivity index (χ3n) is 2.99. The van der Waals surface area contributed by atoms with E-state index in [1.165, 1.54) is 23.9 Å². The van der Waals surface area contributed by atoms with Gasteiger partial charge in [0.15, 0.2) is 4.73 Å². The lowest BCUT2D eigenvalue weighted by Crippen LogP contribution is -2.13. The lowest BCUT2D eigenvalue weighted by atomic mass is 10.1. The van der Waals surface area contributed by atoms with Gasteiger partial charge in [0.05, 0.1) is 11.7 Å². The number of nitrogens with zero attached hydrogens (tertiary/aromatic N) is 2. The topological polar surface area (TPSA) is 29.3 Å². The van der Waals surface area contributed by atoms with Crippen LogP contribution in [0.5, 0.6) is 0 Å². The van der Waals surface area contributed by atoms with E-state index < -0.39 is 0 Å². The summed E-state index contributed by atoms with van der Waals surface area (Å²) in [5.41, 5.74) is 2.55. The molecule has 3 rings (SSSR count). The Balaban J connectivity index is 2.17. The number of halogens is 1. The average Bonchev–Trinajstić information content (AvgIpc) is 2.88. The minimum absolute atomic E-state index is 0.497. The predicted molar refractivity (Wildman–Crippen MR) is 62.9 cm³/mol. The zero-order valence-corrected chi connectivity index (χ0v) is 9.87. The van der Waals surface area contributed by atoms with Gasteiger partial charge in [-0.1, -0.05) is 6.07 Å². The van der Waals surface area contributed by atoms with Crippen molar-refractivity contribution in [1.29, 1.82) is 0 Å². The molecular formula is C11H12BrN3. The number of nitrogens with one attached hydrogen (secondary N) is 1. The third-order valence-corrected chi connectivity index (χ3v) is 3.58. The minimum Gasteiger partial charge on any atom is -0.310 e. The number of hydrogen-bond acceptors (Lipinski definition) is 2. The smallest absolute Gasteiger partial charge is 0.181 e. The largest absolute Gasteiger partial charge is 0.310 e. The second kappa shape index (κ2) is 3.61. The minimum atomic E-state index is 0.497. The maximum Gasteiger partial charge on any atom is 0.181 e. The normalized spacial score (nSPS) is 21.3. The van der Waals surface area contributed by atoms with E-state index in [1.54, 1.807) is 0 Å². The summed E-state index contributed by atoms with van der Waals surface area (Å²) in [6.07, 6.45) is 6.45. The molecule has 1 unspecified atom stereocenters. The molecule has 1 fully saturated rings. The Hall–Kier alpha value is -0.870. The summed E-state index contributed by atoms with van der Waals surface area (Å²) in [5, 5.41) is 3.52. The standard InChI is InChI=1S/C11H12BrN3/c12-11-14-7-10-8(3-2-6-15(10)11)9-4-1-5-13-9/h2-3,6-7,9,13H,1,4-5H2. The average molecular weight is 266 g/mol. The third kappa shape index (κ3) is 1.48. The molecule has 1 N–H and O–H groups in total. The van der Waals surface area contributed by atoms with Gasteiger partial charge in [0.25, 0.3) is 0 Å². The van der Waals surface area contributed by atoms with Crippen molar-refractivity contribution in [3.63, 3.8) is 0 Å². The van der Waals surface area contributed by atoms with E-state index >= 15 is 0 Å². The monoisotopic (exact) mass is 265 g/mol. The molecule has 3 nitrogen and oxygen atoms in total. The van der Waals surface area contributed by atoms with Crippen molar-refractivity contribution in [3.05, 3.63) is 34.8 Å². The van der Waals surface area contributed by atoms with Gasteiger partial charge in [-0.15, -0.1) is 0 Å². The lowest BCUT2D eigenvalue weighted by molar-refractivity contribution is 0.650. The van der Waals surface area contributed by atoms with Crippen molar-refractivity contribution in [2.45, 2.75) is 18.9 Å². The molecule has 0 aromatic carbocycles. The molecule has 1 aliphatic heterocycles. The van der Waals surface area contributed by atoms with Gasteiger partial charge in [0.2, 0.25) is 0 Å². The molecule has 2 aromatic heterocycles. The number of fused-ring (bicyclic) bond motifs is 1. The molecule has 15 heavy (non-hydrogen) atoms. The maximum absolute atomic E-state index is 4.28. The Morgan fingerprint density at radius 3 is 3.27 bits per heavy atom. The van der Waals surface area contributed by atoms with Crippen LogP contribution in [-0.2, 0) is 0 Å². The first-order valence-corrected chi connectivity index (χ1v) is 6.00. The van der Waals surface area contributed by atoms with Crippen LogP contribution >= 0.6 is 15.9 Å². The summed E-state index contributed by atoms with van der Waals surface area (Å²) < 4.78 is 2.95. The summed E-state index contributed by atoms with van der Waals surface area (Å²) in [6, 6.07) is 4.76. The molecule has 78 valence electrons. The van der Waals surface area contributed by atoms with Crippen LogP contribution in [0.25, 0.3) is 5.52 Å². The van der Waals surface area contributed by atoms with Crippen LogP contribution in [-0.4, -0.2) is 15.9 Å². The van der Waals surface area contributed by atoms with E-state index in [4.69, 9.17) is 0 Å². The van der Waals surface area contributed by atoms with Crippen LogP contribution in [0.15, 0.2) is 29.3 Å². The summed E-state index contributed by atoms with van der Waals surface area (Å²) in [6.45, 7) is 1.13. The van der Waals surface area contributed by atoms with Crippen molar-refractivity contribution in [3.8, 4) is 0 Å². The zero-order valence-electron chi connectivity index (χ0n) is 8.28. The molecule has 1 saturated heterocycles. The highest BCUT2D eigenvalue weighted by molar-refractivity contribution is 9.10. The van der Waals surface area contributed by atoms with Crippen LogP contribution in [0.1, 0.15) is 24.4 Å². The first kappa shape index (κ1) is 9.36. The fourth-order valence-electron chi connectivity index (χ4n) is 2.26. The van der Waals surface area contributed by atoms with Crippen molar-refractivity contribution >= 4 is 21.4 Å². The Labute approximate surface area is 96.6 Å². The van der Waals surface area contributed by atoms with Crippen LogP contribution in [0.3, 0.4) is 0 Å². The van der Waals surface area contributed by atoms with Gasteiger partial charge in [-0.2, -0.15) is 0 Å². The first-order valence-electron chi connectivity index (χ1n) is 5.21. The van der Waals surface area contributed by atoms with Crippen LogP contribution in [0, 0.1) is 0 Å². The van der Waals surface area contributed by atoms with E-state index in [1.807, 2.05) is 12.4 Å². The van der Waals surface area contributed by atoms with Gasteiger partial charge >= 0.3 is 0 Å². The fourth-order valence-corrected chi connectivity index (χ4v) is 2.67. The highest BCUT2D eigenvalue weighted by atomic mass is 79.9. The van der Waals surface area contributed by atoms with E-state index in [2.05, 4.69) is 42.8 Å². The SMILES string of the molecule is Brc1ncc2c(C3CCCN3)cccn12. The van der Waals surface area contributed by atoms with E-state index in [9.17, 15) is 0 Å². The molecule has 0 aliphatic carbocycles. The molecule has 0 saturated carbocycles. The van der Waals surface area contributed by atoms with Crippen molar-refractivity contribution < 1.29 is 0 Å². The summed E-state index contributed by atoms with van der Waals surface area (Å²) in [4.78, 5) is 4.28. The molecule has 1 aliphatic rings. The summed E-state index contributed by atoms with van der Waals surface area (Å²) in [5.74, 6) is 0. The van der Waals surface area contributed by atoms with Gasteiger partial charge in [-0.25, -0.2) is 4.98 Å². The molecule has 0 spiro atoms. The van der Waals surface area contributed by atoms with Gasteiger partial charge < -0.3 is 5.32 Å². The summed E-state index contributed by atoms with van der Waals surface area (Å²) >= 11 is 3.44. The molecule has 3 heterocycles. The Morgan fingerprint density at radius 2 is 2.47 bits per heavy atom. The van der Waals surface area contributed by atoms with Gasteiger partial charge in [-0.3, -0.25) is 4.40 Å². The second-order valence-electron chi connectivity index (χ2n) is 3.89. The highest BCUT2D eigenvalue weighted by Crippen LogP contribution is 2.27. The zero-order chi connectivity index (χ0) is 10.3. The van der Waals surface area contributed by atoms with E-state index in [0.717, 1.165) is 11.3 Å². The lowest BCUT2D eigenvalue weighted by Gasteiger charge is -2.11. The Kier molecular flexibility index (Phi) is 2.25. The summed E-state index contributed by atoms with van der Waals surface area (Å²) in [7, 11) is 0. The van der Waals surface area contributed by atoms with Crippen molar-refractivity contribution in [2.75, 3.05) is 6.54 Å². The van der Waals surface area contributed by atoms with Crippen molar-refractivity contribution in [1.82, 2.24) is 14.7 Å². The van der Waals surface area contributed by atoms with Gasteiger partial charge in [0.1, 0.15) is 0 Å². The van der Waals surface area contributed by atoms with Crippen LogP contribution in [0.4, 0.5) is 0 Å². The Morgan fingerprint density at radius 1 is 1.53 bits per heavy atom. The van der Waals surface area contributed by atoms with E-state index in [0.29, 0.717) is 6.04 Å². The number of pyridine rings is 1. The van der Waals surface area contributed by atoms with Crippen molar-refractivity contribution in [2.24, 2.45) is 0 Å². The molecular weight excluding hydrogens is 254 g/mol. The molecule has 1 atom stereocenters. The molecule has 2 aromatic rings. The predicted octanol–water partition coefficient (Wildman–Crippen LogP) is 2.52. The number of imidazole rings is 1. The van der Waals surface area contributed by atoms with Crippen LogP contribution in [0.2, 0.25) is 0 Å². The number of hydrogen-bond donors (Lipinski definition) is 1. The molecule has 0 bridgehead atoms. The molecule has 0 radical (unpaired) electrons. The Bertz CT molecular complexity index is 486. The maximum atomic E-state index is 4.28. The van der Waals surface area contributed by atoms with Gasteiger partial charge in [0, 0.05) is 12.2 Å². The first-order chi connectivity index (χ1) is 7.36. The number of rotatable bonds is 1.